The first-order valence-corrected chi connectivity index (χ1v) is 9.99. The first-order valence-electron chi connectivity index (χ1n) is 9.99. The highest BCUT2D eigenvalue weighted by Crippen LogP contribution is 2.29. The quantitative estimate of drug-likeness (QED) is 0.765. The van der Waals surface area contributed by atoms with Gasteiger partial charge in [0.05, 0.1) is 6.04 Å². The van der Waals surface area contributed by atoms with Gasteiger partial charge < -0.3 is 9.88 Å². The van der Waals surface area contributed by atoms with E-state index >= 15 is 0 Å². The Balaban J connectivity index is 2.32. The lowest BCUT2D eigenvalue weighted by atomic mass is 9.85. The predicted octanol–water partition coefficient (Wildman–Crippen LogP) is 4.51. The highest BCUT2D eigenvalue weighted by atomic mass is 16.2. The average molecular weight is 384 g/mol. The molecule has 0 aliphatic carbocycles. The molecule has 152 valence electrons. The number of carbonyl (C=O) groups is 1. The lowest BCUT2D eigenvalue weighted by Crippen LogP contribution is -2.37. The van der Waals surface area contributed by atoms with Gasteiger partial charge in [-0.3, -0.25) is 14.6 Å². The highest BCUT2D eigenvalue weighted by Gasteiger charge is 2.25. The first kappa shape index (κ1) is 21.9. The molecule has 0 saturated carbocycles. The fourth-order valence-electron chi connectivity index (χ4n) is 3.19. The number of aromatic nitrogens is 2. The molecule has 0 bridgehead atoms. The van der Waals surface area contributed by atoms with Crippen molar-refractivity contribution in [3.8, 4) is 0 Å². The van der Waals surface area contributed by atoms with Crippen LogP contribution in [0.2, 0.25) is 0 Å². The Hall–Kier alpha value is -2.43. The molecule has 0 spiro atoms. The summed E-state index contributed by atoms with van der Waals surface area (Å²) in [6.07, 6.45) is 6.92. The van der Waals surface area contributed by atoms with Crippen LogP contribution in [0.5, 0.6) is 0 Å². The molecule has 0 aliphatic heterocycles. The standard InChI is InChI=1S/C23H33N3O2/c1-16(2)9-12-26-13-10-17(3)20(22(26)28)21(27)25-19(14-23(4,5)6)18-8-7-11-24-15-18/h7-8,10-11,13,15-16,19H,9,12,14H2,1-6H3,(H,25,27). The molecule has 1 unspecified atom stereocenters. The number of pyridine rings is 2. The van der Waals surface area contributed by atoms with Gasteiger partial charge in [0.15, 0.2) is 0 Å². The Morgan fingerprint density at radius 2 is 1.96 bits per heavy atom. The molecule has 0 aromatic carbocycles. The van der Waals surface area contributed by atoms with E-state index in [0.29, 0.717) is 18.0 Å². The third-order valence-corrected chi connectivity index (χ3v) is 4.76. The summed E-state index contributed by atoms with van der Waals surface area (Å²) < 4.78 is 1.64. The first-order chi connectivity index (χ1) is 13.1. The average Bonchev–Trinajstić information content (AvgIpc) is 2.60. The van der Waals surface area contributed by atoms with Gasteiger partial charge in [-0.25, -0.2) is 0 Å². The van der Waals surface area contributed by atoms with E-state index in [1.54, 1.807) is 23.2 Å². The zero-order valence-corrected chi connectivity index (χ0v) is 18.0. The number of rotatable bonds is 7. The molecule has 1 atom stereocenters. The number of aryl methyl sites for hydroxylation is 2. The lowest BCUT2D eigenvalue weighted by molar-refractivity contribution is 0.0923. The predicted molar refractivity (Wildman–Crippen MR) is 113 cm³/mol. The topological polar surface area (TPSA) is 64.0 Å². The van der Waals surface area contributed by atoms with Gasteiger partial charge >= 0.3 is 0 Å². The minimum atomic E-state index is -0.320. The zero-order valence-electron chi connectivity index (χ0n) is 18.0. The summed E-state index contributed by atoms with van der Waals surface area (Å²) in [5.41, 5.74) is 1.66. The maximum Gasteiger partial charge on any atom is 0.263 e. The second-order valence-electron chi connectivity index (χ2n) is 9.13. The van der Waals surface area contributed by atoms with Gasteiger partial charge in [-0.05, 0) is 54.4 Å². The van der Waals surface area contributed by atoms with Gasteiger partial charge in [-0.1, -0.05) is 40.7 Å². The summed E-state index contributed by atoms with van der Waals surface area (Å²) >= 11 is 0. The summed E-state index contributed by atoms with van der Waals surface area (Å²) in [6.45, 7) is 13.1. The van der Waals surface area contributed by atoms with Gasteiger partial charge in [-0.15, -0.1) is 0 Å². The van der Waals surface area contributed by atoms with Gasteiger partial charge in [0, 0.05) is 25.1 Å². The Labute approximate surface area is 168 Å². The SMILES string of the molecule is Cc1ccn(CCC(C)C)c(=O)c1C(=O)NC(CC(C)(C)C)c1cccnc1. The fourth-order valence-corrected chi connectivity index (χ4v) is 3.19. The van der Waals surface area contributed by atoms with Crippen LogP contribution in [0.25, 0.3) is 0 Å². The van der Waals surface area contributed by atoms with Gasteiger partial charge in [0.1, 0.15) is 5.56 Å². The molecule has 2 heterocycles. The molecule has 0 fully saturated rings. The van der Waals surface area contributed by atoms with Crippen molar-refractivity contribution in [3.63, 3.8) is 0 Å². The molecule has 1 amide bonds. The van der Waals surface area contributed by atoms with E-state index in [1.165, 1.54) is 0 Å². The maximum atomic E-state index is 13.1. The van der Waals surface area contributed by atoms with E-state index in [0.717, 1.165) is 18.4 Å². The van der Waals surface area contributed by atoms with E-state index in [9.17, 15) is 9.59 Å². The van der Waals surface area contributed by atoms with Crippen LogP contribution in [0.1, 0.15) is 75.0 Å². The zero-order chi connectivity index (χ0) is 20.9. The van der Waals surface area contributed by atoms with Crippen molar-refractivity contribution >= 4 is 5.91 Å². The van der Waals surface area contributed by atoms with Crippen LogP contribution < -0.4 is 10.9 Å². The molecule has 0 aliphatic rings. The Morgan fingerprint density at radius 3 is 2.54 bits per heavy atom. The molecule has 0 saturated heterocycles. The largest absolute Gasteiger partial charge is 0.345 e. The third kappa shape index (κ3) is 6.04. The van der Waals surface area contributed by atoms with E-state index in [2.05, 4.69) is 44.9 Å². The van der Waals surface area contributed by atoms with E-state index < -0.39 is 0 Å². The van der Waals surface area contributed by atoms with Crippen LogP contribution >= 0.6 is 0 Å². The monoisotopic (exact) mass is 383 g/mol. The molecule has 2 aromatic rings. The van der Waals surface area contributed by atoms with Crippen LogP contribution in [0.3, 0.4) is 0 Å². The van der Waals surface area contributed by atoms with Crippen LogP contribution in [-0.2, 0) is 6.54 Å². The van der Waals surface area contributed by atoms with Crippen molar-refractivity contribution in [2.45, 2.75) is 67.0 Å². The van der Waals surface area contributed by atoms with Crippen LogP contribution in [-0.4, -0.2) is 15.5 Å². The van der Waals surface area contributed by atoms with Crippen molar-refractivity contribution in [2.24, 2.45) is 11.3 Å². The maximum absolute atomic E-state index is 13.1. The normalized spacial score (nSPS) is 12.8. The lowest BCUT2D eigenvalue weighted by Gasteiger charge is -2.27. The Bertz CT molecular complexity index is 848. The Kier molecular flexibility index (Phi) is 7.17. The molecule has 0 radical (unpaired) electrons. The highest BCUT2D eigenvalue weighted by molar-refractivity contribution is 5.95. The molecule has 28 heavy (non-hydrogen) atoms. The van der Waals surface area contributed by atoms with Crippen molar-refractivity contribution in [2.75, 3.05) is 0 Å². The van der Waals surface area contributed by atoms with E-state index in [1.807, 2.05) is 25.1 Å². The second kappa shape index (κ2) is 9.18. The van der Waals surface area contributed by atoms with E-state index in [-0.39, 0.29) is 28.5 Å². The van der Waals surface area contributed by atoms with E-state index in [4.69, 9.17) is 0 Å². The Morgan fingerprint density at radius 1 is 1.25 bits per heavy atom. The smallest absolute Gasteiger partial charge is 0.263 e. The molecular formula is C23H33N3O2. The van der Waals surface area contributed by atoms with Crippen LogP contribution in [0, 0.1) is 18.3 Å². The van der Waals surface area contributed by atoms with Crippen molar-refractivity contribution < 1.29 is 4.79 Å². The summed E-state index contributed by atoms with van der Waals surface area (Å²) in [6, 6.07) is 5.47. The van der Waals surface area contributed by atoms with Gasteiger partial charge in [0.25, 0.3) is 11.5 Å². The molecule has 5 heteroatoms. The number of amides is 1. The minimum Gasteiger partial charge on any atom is -0.345 e. The van der Waals surface area contributed by atoms with Crippen molar-refractivity contribution in [1.82, 2.24) is 14.9 Å². The molecule has 2 rings (SSSR count). The summed E-state index contributed by atoms with van der Waals surface area (Å²) in [7, 11) is 0. The fraction of sp³-hybridized carbons (Fsp3) is 0.522. The van der Waals surface area contributed by atoms with Crippen molar-refractivity contribution in [3.05, 3.63) is 63.8 Å². The number of hydrogen-bond donors (Lipinski definition) is 1. The molecular weight excluding hydrogens is 350 g/mol. The summed E-state index contributed by atoms with van der Waals surface area (Å²) in [5, 5.41) is 3.09. The minimum absolute atomic E-state index is 0.0109. The summed E-state index contributed by atoms with van der Waals surface area (Å²) in [5.74, 6) is 0.173. The van der Waals surface area contributed by atoms with Crippen LogP contribution in [0.4, 0.5) is 0 Å². The molecule has 1 N–H and O–H groups in total. The van der Waals surface area contributed by atoms with Crippen LogP contribution in [0.15, 0.2) is 41.6 Å². The second-order valence-corrected chi connectivity index (χ2v) is 9.13. The number of hydrogen-bond acceptors (Lipinski definition) is 3. The molecule has 2 aromatic heterocycles. The van der Waals surface area contributed by atoms with Gasteiger partial charge in [-0.2, -0.15) is 0 Å². The summed E-state index contributed by atoms with van der Waals surface area (Å²) in [4.78, 5) is 30.2. The number of carbonyl (C=O) groups excluding carboxylic acids is 1. The van der Waals surface area contributed by atoms with Gasteiger partial charge in [0.2, 0.25) is 0 Å². The number of nitrogens with one attached hydrogen (secondary N) is 1. The molecule has 5 nitrogen and oxygen atoms in total. The van der Waals surface area contributed by atoms with Crippen molar-refractivity contribution in [1.29, 1.82) is 0 Å². The number of nitrogens with zero attached hydrogens (tertiary/aromatic N) is 2. The third-order valence-electron chi connectivity index (χ3n) is 4.76.